The molecule has 0 fully saturated rings. The van der Waals surface area contributed by atoms with Crippen LogP contribution < -0.4 is 14.8 Å². The molecule has 0 amide bonds. The molecule has 1 aromatic carbocycles. The molecule has 0 unspecified atom stereocenters. The molecular weight excluding hydrogens is 386 g/mol. The van der Waals surface area contributed by atoms with E-state index >= 15 is 0 Å². The number of benzene rings is 1. The summed E-state index contributed by atoms with van der Waals surface area (Å²) in [4.78, 5) is 8.30. The van der Waals surface area contributed by atoms with Crippen LogP contribution in [0.5, 0.6) is 11.5 Å². The van der Waals surface area contributed by atoms with Crippen molar-refractivity contribution >= 4 is 15.9 Å². The van der Waals surface area contributed by atoms with Gasteiger partial charge in [-0.05, 0) is 29.3 Å². The number of aromatic nitrogens is 4. The number of rotatable bonds is 7. The van der Waals surface area contributed by atoms with Crippen LogP contribution in [0.1, 0.15) is 11.1 Å². The third-order valence-electron chi connectivity index (χ3n) is 3.66. The lowest BCUT2D eigenvalue weighted by Gasteiger charge is -2.12. The molecule has 0 saturated heterocycles. The fourth-order valence-electron chi connectivity index (χ4n) is 2.36. The molecule has 2 aromatic heterocycles. The first kappa shape index (κ1) is 17.4. The second kappa shape index (κ2) is 8.09. The van der Waals surface area contributed by atoms with Gasteiger partial charge in [-0.25, -0.2) is 14.6 Å². The molecule has 0 saturated carbocycles. The van der Waals surface area contributed by atoms with Gasteiger partial charge in [0.2, 0.25) is 0 Å². The van der Waals surface area contributed by atoms with Gasteiger partial charge in [-0.2, -0.15) is 5.10 Å². The molecule has 0 aliphatic heterocycles. The Morgan fingerprint density at radius 3 is 2.56 bits per heavy atom. The summed E-state index contributed by atoms with van der Waals surface area (Å²) >= 11 is 3.57. The van der Waals surface area contributed by atoms with Gasteiger partial charge in [-0.15, -0.1) is 0 Å². The molecule has 8 heteroatoms. The van der Waals surface area contributed by atoms with Gasteiger partial charge < -0.3 is 14.8 Å². The smallest absolute Gasteiger partial charge is 0.161 e. The molecule has 25 heavy (non-hydrogen) atoms. The van der Waals surface area contributed by atoms with E-state index in [1.165, 1.54) is 6.33 Å². The number of nitrogens with one attached hydrogen (secondary N) is 1. The Balaban J connectivity index is 1.61. The molecule has 1 N–H and O–H groups in total. The highest BCUT2D eigenvalue weighted by Crippen LogP contribution is 2.33. The van der Waals surface area contributed by atoms with E-state index in [-0.39, 0.29) is 0 Å². The van der Waals surface area contributed by atoms with E-state index in [9.17, 15) is 0 Å². The van der Waals surface area contributed by atoms with Crippen LogP contribution in [0.3, 0.4) is 0 Å². The molecule has 2 heterocycles. The van der Waals surface area contributed by atoms with Crippen LogP contribution in [0.4, 0.5) is 0 Å². The van der Waals surface area contributed by atoms with Gasteiger partial charge in [-0.1, -0.05) is 22.0 Å². The van der Waals surface area contributed by atoms with Crippen molar-refractivity contribution < 1.29 is 9.47 Å². The van der Waals surface area contributed by atoms with Gasteiger partial charge in [0, 0.05) is 23.8 Å². The maximum Gasteiger partial charge on any atom is 0.161 e. The SMILES string of the molecule is COc1cc(Br)c(CNCc2ccc(-n3cncn3)nc2)cc1OC. The minimum Gasteiger partial charge on any atom is -0.493 e. The molecule has 0 aliphatic rings. The summed E-state index contributed by atoms with van der Waals surface area (Å²) in [6.45, 7) is 1.39. The fraction of sp³-hybridized carbons (Fsp3) is 0.235. The van der Waals surface area contributed by atoms with E-state index in [0.717, 1.165) is 21.4 Å². The maximum absolute atomic E-state index is 5.35. The summed E-state index contributed by atoms with van der Waals surface area (Å²) < 4.78 is 13.2. The van der Waals surface area contributed by atoms with E-state index in [4.69, 9.17) is 9.47 Å². The van der Waals surface area contributed by atoms with E-state index in [1.54, 1.807) is 25.2 Å². The first-order valence-corrected chi connectivity index (χ1v) is 8.41. The highest BCUT2D eigenvalue weighted by atomic mass is 79.9. The van der Waals surface area contributed by atoms with Crippen molar-refractivity contribution in [2.45, 2.75) is 13.1 Å². The number of hydrogen-bond acceptors (Lipinski definition) is 6. The van der Waals surface area contributed by atoms with E-state index < -0.39 is 0 Å². The number of nitrogens with zero attached hydrogens (tertiary/aromatic N) is 4. The zero-order valence-electron chi connectivity index (χ0n) is 13.9. The monoisotopic (exact) mass is 403 g/mol. The van der Waals surface area contributed by atoms with Gasteiger partial charge >= 0.3 is 0 Å². The predicted octanol–water partition coefficient (Wildman–Crippen LogP) is 2.73. The van der Waals surface area contributed by atoms with Gasteiger partial charge in [0.15, 0.2) is 17.3 Å². The Bertz CT molecular complexity index is 822. The average Bonchev–Trinajstić information content (AvgIpc) is 3.18. The molecule has 0 bridgehead atoms. The number of methoxy groups -OCH3 is 2. The number of pyridine rings is 1. The van der Waals surface area contributed by atoms with Crippen molar-refractivity contribution in [2.24, 2.45) is 0 Å². The Labute approximate surface area is 154 Å². The number of halogens is 1. The van der Waals surface area contributed by atoms with Gasteiger partial charge in [-0.3, -0.25) is 0 Å². The molecule has 0 radical (unpaired) electrons. The average molecular weight is 404 g/mol. The Morgan fingerprint density at radius 1 is 1.12 bits per heavy atom. The largest absolute Gasteiger partial charge is 0.493 e. The molecule has 3 aromatic rings. The topological polar surface area (TPSA) is 74.1 Å². The Hall–Kier alpha value is -2.45. The van der Waals surface area contributed by atoms with Crippen molar-refractivity contribution in [3.8, 4) is 17.3 Å². The zero-order valence-corrected chi connectivity index (χ0v) is 15.5. The lowest BCUT2D eigenvalue weighted by molar-refractivity contribution is 0.354. The van der Waals surface area contributed by atoms with E-state index in [1.807, 2.05) is 30.5 Å². The number of hydrogen-bond donors (Lipinski definition) is 1. The summed E-state index contributed by atoms with van der Waals surface area (Å²) in [5.74, 6) is 2.15. The molecule has 3 rings (SSSR count). The zero-order chi connectivity index (χ0) is 17.6. The van der Waals surface area contributed by atoms with Crippen molar-refractivity contribution in [1.29, 1.82) is 0 Å². The summed E-state index contributed by atoms with van der Waals surface area (Å²) in [7, 11) is 3.25. The summed E-state index contributed by atoms with van der Waals surface area (Å²) in [5.41, 5.74) is 2.17. The van der Waals surface area contributed by atoms with Gasteiger partial charge in [0.25, 0.3) is 0 Å². The van der Waals surface area contributed by atoms with Crippen LogP contribution in [0, 0.1) is 0 Å². The normalized spacial score (nSPS) is 10.7. The highest BCUT2D eigenvalue weighted by Gasteiger charge is 2.09. The van der Waals surface area contributed by atoms with Crippen LogP contribution in [-0.4, -0.2) is 34.0 Å². The van der Waals surface area contributed by atoms with E-state index in [2.05, 4.69) is 36.3 Å². The molecule has 0 atom stereocenters. The summed E-state index contributed by atoms with van der Waals surface area (Å²) in [5, 5.41) is 7.46. The van der Waals surface area contributed by atoms with Crippen LogP contribution in [0.25, 0.3) is 5.82 Å². The second-order valence-corrected chi connectivity index (χ2v) is 6.12. The van der Waals surface area contributed by atoms with Crippen LogP contribution in [-0.2, 0) is 13.1 Å². The van der Waals surface area contributed by atoms with Crippen LogP contribution >= 0.6 is 15.9 Å². The van der Waals surface area contributed by atoms with Gasteiger partial charge in [0.1, 0.15) is 12.7 Å². The maximum atomic E-state index is 5.35. The standard InChI is InChI=1S/C17H18BrN5O2/c1-24-15-5-13(14(18)6-16(15)25-2)9-19-7-12-3-4-17(21-8-12)23-11-20-10-22-23/h3-6,8,10-11,19H,7,9H2,1-2H3. The lowest BCUT2D eigenvalue weighted by atomic mass is 10.2. The highest BCUT2D eigenvalue weighted by molar-refractivity contribution is 9.10. The quantitative estimate of drug-likeness (QED) is 0.653. The molecule has 7 nitrogen and oxygen atoms in total. The van der Waals surface area contributed by atoms with Crippen molar-refractivity contribution in [3.63, 3.8) is 0 Å². The second-order valence-electron chi connectivity index (χ2n) is 5.27. The summed E-state index contributed by atoms with van der Waals surface area (Å²) in [6, 6.07) is 7.80. The number of ether oxygens (including phenoxy) is 2. The first-order valence-electron chi connectivity index (χ1n) is 7.62. The minimum absolute atomic E-state index is 0.686. The third kappa shape index (κ3) is 4.15. The van der Waals surface area contributed by atoms with Crippen molar-refractivity contribution in [2.75, 3.05) is 14.2 Å². The predicted molar refractivity (Wildman–Crippen MR) is 96.9 cm³/mol. The Kier molecular flexibility index (Phi) is 5.62. The van der Waals surface area contributed by atoms with Crippen LogP contribution in [0.2, 0.25) is 0 Å². The molecule has 0 aliphatic carbocycles. The lowest BCUT2D eigenvalue weighted by Crippen LogP contribution is -2.13. The summed E-state index contributed by atoms with van der Waals surface area (Å²) in [6.07, 6.45) is 4.93. The minimum atomic E-state index is 0.686. The van der Waals surface area contributed by atoms with Gasteiger partial charge in [0.05, 0.1) is 14.2 Å². The molecule has 0 spiro atoms. The van der Waals surface area contributed by atoms with E-state index in [0.29, 0.717) is 24.6 Å². The third-order valence-corrected chi connectivity index (χ3v) is 4.40. The Morgan fingerprint density at radius 2 is 1.92 bits per heavy atom. The molecule has 130 valence electrons. The molecular formula is C17H18BrN5O2. The fourth-order valence-corrected chi connectivity index (χ4v) is 2.82. The van der Waals surface area contributed by atoms with Crippen molar-refractivity contribution in [1.82, 2.24) is 25.1 Å². The van der Waals surface area contributed by atoms with Crippen LogP contribution in [0.15, 0.2) is 47.6 Å². The van der Waals surface area contributed by atoms with Crippen molar-refractivity contribution in [3.05, 3.63) is 58.7 Å². The first-order chi connectivity index (χ1) is 12.2.